The third-order valence-electron chi connectivity index (χ3n) is 3.78. The number of nitrogens with one attached hydrogen (secondary N) is 1. The molecule has 2 rings (SSSR count). The second-order valence-corrected chi connectivity index (χ2v) is 5.73. The van der Waals surface area contributed by atoms with E-state index >= 15 is 0 Å². The van der Waals surface area contributed by atoms with Crippen LogP contribution in [0.5, 0.6) is 0 Å². The Morgan fingerprint density at radius 2 is 2.20 bits per heavy atom. The number of aromatic nitrogens is 2. The number of hydrogen-bond acceptors (Lipinski definition) is 3. The first-order valence-electron chi connectivity index (χ1n) is 7.37. The standard InChI is InChI=1S/C14H24ClN5/c1-3-11-14(15)12(20(4-2)18-11)9-19(10-5-6-10)8-7-13(16)17/h10H,3-9H2,1-2H3,(H3,16,17). The molecule has 1 aromatic rings. The molecule has 0 aliphatic heterocycles. The Bertz CT molecular complexity index is 478. The van der Waals surface area contributed by atoms with E-state index in [1.165, 1.54) is 12.8 Å². The summed E-state index contributed by atoms with van der Waals surface area (Å²) in [4.78, 5) is 2.38. The number of amidine groups is 1. The maximum absolute atomic E-state index is 7.39. The van der Waals surface area contributed by atoms with Crippen molar-refractivity contribution in [2.24, 2.45) is 5.73 Å². The highest BCUT2D eigenvalue weighted by atomic mass is 35.5. The summed E-state index contributed by atoms with van der Waals surface area (Å²) in [6.07, 6.45) is 3.94. The molecular weight excluding hydrogens is 274 g/mol. The lowest BCUT2D eigenvalue weighted by Crippen LogP contribution is -2.30. The molecule has 20 heavy (non-hydrogen) atoms. The first-order chi connectivity index (χ1) is 9.56. The Morgan fingerprint density at radius 1 is 1.50 bits per heavy atom. The molecule has 3 N–H and O–H groups in total. The fourth-order valence-electron chi connectivity index (χ4n) is 2.46. The normalized spacial score (nSPS) is 15.0. The summed E-state index contributed by atoms with van der Waals surface area (Å²) in [6.45, 7) is 6.63. The fraction of sp³-hybridized carbons (Fsp3) is 0.714. The lowest BCUT2D eigenvalue weighted by Gasteiger charge is -2.22. The van der Waals surface area contributed by atoms with Crippen molar-refractivity contribution < 1.29 is 0 Å². The summed E-state index contributed by atoms with van der Waals surface area (Å²) in [7, 11) is 0. The highest BCUT2D eigenvalue weighted by Gasteiger charge is 2.30. The van der Waals surface area contributed by atoms with E-state index in [9.17, 15) is 0 Å². The van der Waals surface area contributed by atoms with E-state index in [0.29, 0.717) is 12.5 Å². The van der Waals surface area contributed by atoms with Crippen molar-refractivity contribution >= 4 is 17.4 Å². The van der Waals surface area contributed by atoms with Crippen LogP contribution >= 0.6 is 11.6 Å². The van der Waals surface area contributed by atoms with Crippen molar-refractivity contribution in [1.29, 1.82) is 5.41 Å². The maximum atomic E-state index is 7.39. The summed E-state index contributed by atoms with van der Waals surface area (Å²) in [5.41, 5.74) is 7.56. The van der Waals surface area contributed by atoms with Crippen LogP contribution in [0.4, 0.5) is 0 Å². The molecule has 112 valence electrons. The van der Waals surface area contributed by atoms with Gasteiger partial charge in [0.25, 0.3) is 0 Å². The second kappa shape index (κ2) is 6.59. The Labute approximate surface area is 125 Å². The molecule has 0 aromatic carbocycles. The molecule has 1 fully saturated rings. The van der Waals surface area contributed by atoms with E-state index in [-0.39, 0.29) is 5.84 Å². The van der Waals surface area contributed by atoms with Crippen molar-refractivity contribution in [3.05, 3.63) is 16.4 Å². The molecule has 0 amide bonds. The van der Waals surface area contributed by atoms with Crippen LogP contribution in [-0.2, 0) is 19.5 Å². The number of aryl methyl sites for hydroxylation is 2. The minimum atomic E-state index is 0.250. The summed E-state index contributed by atoms with van der Waals surface area (Å²) >= 11 is 6.46. The molecule has 0 unspecified atom stereocenters. The lowest BCUT2D eigenvalue weighted by atomic mass is 10.2. The van der Waals surface area contributed by atoms with Gasteiger partial charge in [-0.1, -0.05) is 18.5 Å². The first kappa shape index (κ1) is 15.3. The maximum Gasteiger partial charge on any atom is 0.0918 e. The topological polar surface area (TPSA) is 70.9 Å². The third-order valence-corrected chi connectivity index (χ3v) is 4.21. The molecule has 0 radical (unpaired) electrons. The molecule has 1 heterocycles. The van der Waals surface area contributed by atoms with Gasteiger partial charge >= 0.3 is 0 Å². The average molecular weight is 298 g/mol. The van der Waals surface area contributed by atoms with Crippen LogP contribution in [0.2, 0.25) is 5.02 Å². The zero-order valence-corrected chi connectivity index (χ0v) is 13.1. The van der Waals surface area contributed by atoms with Crippen molar-refractivity contribution in [2.45, 2.75) is 58.7 Å². The Balaban J connectivity index is 2.13. The molecule has 0 atom stereocenters. The monoisotopic (exact) mass is 297 g/mol. The Hall–Kier alpha value is -1.07. The molecule has 1 aliphatic rings. The molecule has 0 spiro atoms. The molecule has 1 saturated carbocycles. The number of nitrogens with zero attached hydrogens (tertiary/aromatic N) is 3. The molecule has 5 nitrogen and oxygen atoms in total. The zero-order chi connectivity index (χ0) is 14.7. The first-order valence-corrected chi connectivity index (χ1v) is 7.75. The molecule has 0 saturated heterocycles. The van der Waals surface area contributed by atoms with Gasteiger partial charge in [-0.05, 0) is 26.2 Å². The van der Waals surface area contributed by atoms with Gasteiger partial charge in [0, 0.05) is 32.1 Å². The summed E-state index contributed by atoms with van der Waals surface area (Å²) in [6, 6.07) is 0.621. The SMILES string of the molecule is CCc1nn(CC)c(CN(CCC(=N)N)C2CC2)c1Cl. The minimum absolute atomic E-state index is 0.250. The molecule has 1 aliphatic carbocycles. The van der Waals surface area contributed by atoms with Gasteiger partial charge in [-0.3, -0.25) is 15.0 Å². The average Bonchev–Trinajstić information content (AvgIpc) is 3.21. The van der Waals surface area contributed by atoms with Gasteiger partial charge in [-0.15, -0.1) is 0 Å². The van der Waals surface area contributed by atoms with Crippen LogP contribution in [0.3, 0.4) is 0 Å². The Kier molecular flexibility index (Phi) is 5.05. The molecular formula is C14H24ClN5. The zero-order valence-electron chi connectivity index (χ0n) is 12.3. The van der Waals surface area contributed by atoms with Gasteiger partial charge in [0.15, 0.2) is 0 Å². The van der Waals surface area contributed by atoms with E-state index in [2.05, 4.69) is 23.8 Å². The number of hydrogen-bond donors (Lipinski definition) is 2. The minimum Gasteiger partial charge on any atom is -0.388 e. The quantitative estimate of drug-likeness (QED) is 0.572. The third kappa shape index (κ3) is 3.52. The van der Waals surface area contributed by atoms with Crippen molar-refractivity contribution in [3.8, 4) is 0 Å². The van der Waals surface area contributed by atoms with Gasteiger partial charge in [0.2, 0.25) is 0 Å². The predicted molar refractivity (Wildman–Crippen MR) is 82.3 cm³/mol. The number of nitrogens with two attached hydrogens (primary N) is 1. The highest BCUT2D eigenvalue weighted by Crippen LogP contribution is 2.31. The van der Waals surface area contributed by atoms with Crippen molar-refractivity contribution in [3.63, 3.8) is 0 Å². The number of rotatable bonds is 8. The molecule has 1 aromatic heterocycles. The largest absolute Gasteiger partial charge is 0.388 e. The van der Waals surface area contributed by atoms with Crippen LogP contribution in [0.1, 0.15) is 44.5 Å². The Morgan fingerprint density at radius 3 is 2.70 bits per heavy atom. The van der Waals surface area contributed by atoms with E-state index in [1.807, 2.05) is 4.68 Å². The van der Waals surface area contributed by atoms with Gasteiger partial charge in [-0.2, -0.15) is 5.10 Å². The summed E-state index contributed by atoms with van der Waals surface area (Å²) in [5, 5.41) is 12.8. The van der Waals surface area contributed by atoms with E-state index < -0.39 is 0 Å². The van der Waals surface area contributed by atoms with Crippen LogP contribution < -0.4 is 5.73 Å². The van der Waals surface area contributed by atoms with Crippen LogP contribution in [-0.4, -0.2) is 33.1 Å². The van der Waals surface area contributed by atoms with Crippen molar-refractivity contribution in [1.82, 2.24) is 14.7 Å². The van der Waals surface area contributed by atoms with Gasteiger partial charge in [0.05, 0.1) is 22.2 Å². The van der Waals surface area contributed by atoms with Gasteiger partial charge in [0.1, 0.15) is 0 Å². The van der Waals surface area contributed by atoms with Gasteiger partial charge in [-0.25, -0.2) is 0 Å². The van der Waals surface area contributed by atoms with Crippen LogP contribution in [0.25, 0.3) is 0 Å². The lowest BCUT2D eigenvalue weighted by molar-refractivity contribution is 0.254. The smallest absolute Gasteiger partial charge is 0.0918 e. The van der Waals surface area contributed by atoms with E-state index in [0.717, 1.165) is 42.5 Å². The predicted octanol–water partition coefficient (Wildman–Crippen LogP) is 2.41. The second-order valence-electron chi connectivity index (χ2n) is 5.35. The van der Waals surface area contributed by atoms with E-state index in [1.54, 1.807) is 0 Å². The fourth-order valence-corrected chi connectivity index (χ4v) is 2.78. The van der Waals surface area contributed by atoms with E-state index in [4.69, 9.17) is 22.7 Å². The van der Waals surface area contributed by atoms with Crippen LogP contribution in [0, 0.1) is 5.41 Å². The number of halogens is 1. The van der Waals surface area contributed by atoms with Crippen LogP contribution in [0.15, 0.2) is 0 Å². The highest BCUT2D eigenvalue weighted by molar-refractivity contribution is 6.31. The summed E-state index contributed by atoms with van der Waals surface area (Å²) in [5.74, 6) is 0.250. The van der Waals surface area contributed by atoms with Gasteiger partial charge < -0.3 is 5.73 Å². The van der Waals surface area contributed by atoms with Crippen molar-refractivity contribution in [2.75, 3.05) is 6.54 Å². The molecule has 6 heteroatoms. The summed E-state index contributed by atoms with van der Waals surface area (Å²) < 4.78 is 2.00. The molecule has 0 bridgehead atoms.